The fraction of sp³-hybridized carbons (Fsp3) is 0.125. The van der Waals surface area contributed by atoms with Crippen molar-refractivity contribution in [3.05, 3.63) is 54.1 Å². The van der Waals surface area contributed by atoms with E-state index in [4.69, 9.17) is 10.00 Å². The van der Waals surface area contributed by atoms with Crippen LogP contribution in [0.5, 0.6) is 5.75 Å². The van der Waals surface area contributed by atoms with Gasteiger partial charge in [0.25, 0.3) is 0 Å². The topological polar surface area (TPSA) is 62.1 Å². The van der Waals surface area contributed by atoms with Crippen LogP contribution in [0.2, 0.25) is 0 Å². The van der Waals surface area contributed by atoms with Crippen LogP contribution in [-0.2, 0) is 4.79 Å². The van der Waals surface area contributed by atoms with Gasteiger partial charge >= 0.3 is 0 Å². The smallest absolute Gasteiger partial charge is 0.234 e. The van der Waals surface area contributed by atoms with E-state index in [0.717, 1.165) is 4.90 Å². The van der Waals surface area contributed by atoms with Crippen molar-refractivity contribution in [2.24, 2.45) is 0 Å². The molecule has 0 fully saturated rings. The average molecular weight is 298 g/mol. The molecule has 0 aliphatic carbocycles. The van der Waals surface area contributed by atoms with E-state index in [1.54, 1.807) is 18.2 Å². The first-order chi connectivity index (χ1) is 10.2. The molecule has 106 valence electrons. The second-order valence-corrected chi connectivity index (χ2v) is 5.19. The maximum atomic E-state index is 12.0. The second kappa shape index (κ2) is 7.36. The highest BCUT2D eigenvalue weighted by Gasteiger charge is 2.12. The average Bonchev–Trinajstić information content (AvgIpc) is 2.54. The summed E-state index contributed by atoms with van der Waals surface area (Å²) in [7, 11) is 1.50. The van der Waals surface area contributed by atoms with Gasteiger partial charge in [0.1, 0.15) is 17.5 Å². The number of hydrogen-bond donors (Lipinski definition) is 1. The number of rotatable bonds is 5. The third-order valence-corrected chi connectivity index (χ3v) is 3.76. The second-order valence-electron chi connectivity index (χ2n) is 4.14. The third kappa shape index (κ3) is 4.01. The zero-order valence-corrected chi connectivity index (χ0v) is 12.3. The number of thioether (sulfide) groups is 1. The van der Waals surface area contributed by atoms with Crippen molar-refractivity contribution in [3.63, 3.8) is 0 Å². The molecular formula is C16H14N2O2S. The SMILES string of the molecule is COc1cccc(C#N)c1NC(=O)CSc1ccccc1. The summed E-state index contributed by atoms with van der Waals surface area (Å²) in [4.78, 5) is 13.0. The van der Waals surface area contributed by atoms with Crippen LogP contribution in [-0.4, -0.2) is 18.8 Å². The van der Waals surface area contributed by atoms with Crippen molar-refractivity contribution in [1.82, 2.24) is 0 Å². The number of nitrogens with zero attached hydrogens (tertiary/aromatic N) is 1. The molecule has 0 aliphatic rings. The van der Waals surface area contributed by atoms with Crippen molar-refractivity contribution in [3.8, 4) is 11.8 Å². The van der Waals surface area contributed by atoms with E-state index in [1.807, 2.05) is 36.4 Å². The number of anilines is 1. The van der Waals surface area contributed by atoms with Gasteiger partial charge in [-0.05, 0) is 24.3 Å². The molecule has 2 rings (SSSR count). The molecule has 0 radical (unpaired) electrons. The highest BCUT2D eigenvalue weighted by Crippen LogP contribution is 2.28. The molecule has 1 N–H and O–H groups in total. The van der Waals surface area contributed by atoms with Crippen molar-refractivity contribution >= 4 is 23.4 Å². The van der Waals surface area contributed by atoms with Crippen molar-refractivity contribution < 1.29 is 9.53 Å². The Labute approximate surface area is 127 Å². The lowest BCUT2D eigenvalue weighted by Crippen LogP contribution is -2.15. The molecule has 0 aromatic heterocycles. The van der Waals surface area contributed by atoms with Crippen LogP contribution in [0, 0.1) is 11.3 Å². The van der Waals surface area contributed by atoms with Gasteiger partial charge in [-0.25, -0.2) is 0 Å². The summed E-state index contributed by atoms with van der Waals surface area (Å²) in [5, 5.41) is 11.8. The molecule has 0 bridgehead atoms. The van der Waals surface area contributed by atoms with Crippen LogP contribution >= 0.6 is 11.8 Å². The van der Waals surface area contributed by atoms with E-state index in [0.29, 0.717) is 17.0 Å². The van der Waals surface area contributed by atoms with Crippen LogP contribution in [0.25, 0.3) is 0 Å². The number of carbonyl (C=O) groups excluding carboxylic acids is 1. The quantitative estimate of drug-likeness (QED) is 0.860. The molecular weight excluding hydrogens is 284 g/mol. The van der Waals surface area contributed by atoms with Crippen molar-refractivity contribution in [2.75, 3.05) is 18.2 Å². The summed E-state index contributed by atoms with van der Waals surface area (Å²) in [5.74, 6) is 0.574. The fourth-order valence-electron chi connectivity index (χ4n) is 1.76. The first-order valence-corrected chi connectivity index (χ1v) is 7.28. The van der Waals surface area contributed by atoms with E-state index in [1.165, 1.54) is 18.9 Å². The van der Waals surface area contributed by atoms with Gasteiger partial charge in [-0.15, -0.1) is 11.8 Å². The monoisotopic (exact) mass is 298 g/mol. The molecule has 4 nitrogen and oxygen atoms in total. The molecule has 0 atom stereocenters. The normalized spacial score (nSPS) is 9.71. The fourth-order valence-corrected chi connectivity index (χ4v) is 2.48. The zero-order valence-electron chi connectivity index (χ0n) is 11.5. The third-order valence-electron chi connectivity index (χ3n) is 2.74. The summed E-state index contributed by atoms with van der Waals surface area (Å²) in [6.07, 6.45) is 0. The van der Waals surface area contributed by atoms with Gasteiger partial charge in [-0.3, -0.25) is 4.79 Å². The lowest BCUT2D eigenvalue weighted by Gasteiger charge is -2.11. The number of amides is 1. The molecule has 0 heterocycles. The summed E-state index contributed by atoms with van der Waals surface area (Å²) >= 11 is 1.44. The Hall–Kier alpha value is -2.45. The Bertz CT molecular complexity index is 666. The van der Waals surface area contributed by atoms with Gasteiger partial charge in [0.15, 0.2) is 0 Å². The minimum atomic E-state index is -0.176. The number of carbonyl (C=O) groups is 1. The van der Waals surface area contributed by atoms with Gasteiger partial charge in [-0.2, -0.15) is 5.26 Å². The Morgan fingerprint density at radius 1 is 1.24 bits per heavy atom. The molecule has 0 saturated carbocycles. The molecule has 2 aromatic rings. The lowest BCUT2D eigenvalue weighted by molar-refractivity contribution is -0.113. The van der Waals surface area contributed by atoms with Crippen molar-refractivity contribution in [2.45, 2.75) is 4.90 Å². The van der Waals surface area contributed by atoms with E-state index in [2.05, 4.69) is 5.32 Å². The minimum absolute atomic E-state index is 0.176. The zero-order chi connectivity index (χ0) is 15.1. The standard InChI is InChI=1S/C16H14N2O2S/c1-20-14-9-5-6-12(10-17)16(14)18-15(19)11-21-13-7-3-2-4-8-13/h2-9H,11H2,1H3,(H,18,19). The number of hydrogen-bond acceptors (Lipinski definition) is 4. The number of para-hydroxylation sites is 1. The highest BCUT2D eigenvalue weighted by molar-refractivity contribution is 8.00. The molecule has 0 unspecified atom stereocenters. The molecule has 5 heteroatoms. The Kier molecular flexibility index (Phi) is 5.24. The molecule has 0 aliphatic heterocycles. The van der Waals surface area contributed by atoms with E-state index < -0.39 is 0 Å². The summed E-state index contributed by atoms with van der Waals surface area (Å²) < 4.78 is 5.18. The molecule has 2 aromatic carbocycles. The van der Waals surface area contributed by atoms with Crippen molar-refractivity contribution in [1.29, 1.82) is 5.26 Å². The van der Waals surface area contributed by atoms with E-state index in [9.17, 15) is 4.79 Å². The number of ether oxygens (including phenoxy) is 1. The maximum absolute atomic E-state index is 12.0. The first-order valence-electron chi connectivity index (χ1n) is 6.29. The first kappa shape index (κ1) is 14.9. The van der Waals surface area contributed by atoms with Gasteiger partial charge in [0, 0.05) is 4.90 Å². The lowest BCUT2D eigenvalue weighted by atomic mass is 10.2. The van der Waals surface area contributed by atoms with Crippen LogP contribution < -0.4 is 10.1 Å². The summed E-state index contributed by atoms with van der Waals surface area (Å²) in [5.41, 5.74) is 0.800. The largest absolute Gasteiger partial charge is 0.495 e. The van der Waals surface area contributed by atoms with Crippen LogP contribution in [0.3, 0.4) is 0 Å². The highest BCUT2D eigenvalue weighted by atomic mass is 32.2. The van der Waals surface area contributed by atoms with E-state index >= 15 is 0 Å². The number of methoxy groups -OCH3 is 1. The molecule has 21 heavy (non-hydrogen) atoms. The number of benzene rings is 2. The van der Waals surface area contributed by atoms with Gasteiger partial charge in [-0.1, -0.05) is 24.3 Å². The van der Waals surface area contributed by atoms with Crippen LogP contribution in [0.4, 0.5) is 5.69 Å². The summed E-state index contributed by atoms with van der Waals surface area (Å²) in [6.45, 7) is 0. The van der Waals surface area contributed by atoms with Gasteiger partial charge in [0.2, 0.25) is 5.91 Å². The Morgan fingerprint density at radius 2 is 2.00 bits per heavy atom. The Balaban J connectivity index is 2.05. The minimum Gasteiger partial charge on any atom is -0.495 e. The molecule has 1 amide bonds. The van der Waals surface area contributed by atoms with Crippen LogP contribution in [0.15, 0.2) is 53.4 Å². The number of nitriles is 1. The Morgan fingerprint density at radius 3 is 2.67 bits per heavy atom. The van der Waals surface area contributed by atoms with Crippen LogP contribution in [0.1, 0.15) is 5.56 Å². The van der Waals surface area contributed by atoms with E-state index in [-0.39, 0.29) is 11.7 Å². The predicted octanol–water partition coefficient (Wildman–Crippen LogP) is 3.30. The maximum Gasteiger partial charge on any atom is 0.234 e. The predicted molar refractivity (Wildman–Crippen MR) is 83.5 cm³/mol. The summed E-state index contributed by atoms with van der Waals surface area (Å²) in [6, 6.07) is 16.8. The number of nitrogens with one attached hydrogen (secondary N) is 1. The van der Waals surface area contributed by atoms with Gasteiger partial charge in [0.05, 0.1) is 18.4 Å². The molecule has 0 spiro atoms. The molecule has 0 saturated heterocycles. The van der Waals surface area contributed by atoms with Gasteiger partial charge < -0.3 is 10.1 Å².